The third-order valence-electron chi connectivity index (χ3n) is 4.32. The molecule has 0 saturated heterocycles. The van der Waals surface area contributed by atoms with Crippen molar-refractivity contribution in [3.05, 3.63) is 99.7 Å². The molecule has 8 heteroatoms. The van der Waals surface area contributed by atoms with E-state index in [0.29, 0.717) is 10.8 Å². The van der Waals surface area contributed by atoms with Crippen LogP contribution in [0.4, 0.5) is 5.69 Å². The Hall–Kier alpha value is -3.49. The number of hydrogen-bond donors (Lipinski definition) is 2. The summed E-state index contributed by atoms with van der Waals surface area (Å²) >= 11 is 5.86. The highest BCUT2D eigenvalue weighted by Crippen LogP contribution is 2.27. The van der Waals surface area contributed by atoms with Crippen molar-refractivity contribution >= 4 is 35.1 Å². The van der Waals surface area contributed by atoms with Crippen LogP contribution in [-0.2, 0) is 0 Å². The number of rotatable bonds is 7. The summed E-state index contributed by atoms with van der Waals surface area (Å²) < 4.78 is 10.6. The van der Waals surface area contributed by atoms with E-state index in [2.05, 4.69) is 0 Å². The number of halogens is 1. The van der Waals surface area contributed by atoms with Crippen LogP contribution in [0.2, 0.25) is 5.02 Å². The van der Waals surface area contributed by atoms with Crippen LogP contribution >= 0.6 is 11.6 Å². The van der Waals surface area contributed by atoms with E-state index in [-0.39, 0.29) is 28.3 Å². The summed E-state index contributed by atoms with van der Waals surface area (Å²) in [5.74, 6) is -0.678. The normalized spacial score (nSPS) is 11.9. The Morgan fingerprint density at radius 1 is 1.03 bits per heavy atom. The van der Waals surface area contributed by atoms with Crippen molar-refractivity contribution in [1.82, 2.24) is 0 Å². The second-order valence-corrected chi connectivity index (χ2v) is 6.82. The van der Waals surface area contributed by atoms with Crippen LogP contribution in [-0.4, -0.2) is 24.1 Å². The van der Waals surface area contributed by atoms with Crippen LogP contribution < -0.4 is 14.7 Å². The predicted molar refractivity (Wildman–Crippen MR) is 115 cm³/mol. The lowest BCUT2D eigenvalue weighted by Gasteiger charge is -2.12. The Labute approximate surface area is 183 Å². The summed E-state index contributed by atoms with van der Waals surface area (Å²) in [5, 5.41) is 19.4. The Balaban J connectivity index is 1.84. The van der Waals surface area contributed by atoms with E-state index in [1.54, 1.807) is 36.4 Å². The van der Waals surface area contributed by atoms with E-state index in [1.807, 2.05) is 0 Å². The summed E-state index contributed by atoms with van der Waals surface area (Å²) in [6.45, 7) is 0. The van der Waals surface area contributed by atoms with Crippen LogP contribution in [0.1, 0.15) is 26.3 Å². The molecule has 1 unspecified atom stereocenters. The minimum atomic E-state index is -1.10. The molecule has 31 heavy (non-hydrogen) atoms. The number of nitrogens with one attached hydrogen (secondary N) is 1. The maximum absolute atomic E-state index is 12.7. The topological polar surface area (TPSA) is 100 Å². The van der Waals surface area contributed by atoms with Gasteiger partial charge in [0.1, 0.15) is 11.5 Å². The highest BCUT2D eigenvalue weighted by molar-refractivity contribution is 6.30. The number of hydrogen-bond acceptors (Lipinski definition) is 6. The molecule has 0 aliphatic rings. The molecule has 7 nitrogen and oxygen atoms in total. The number of benzene rings is 3. The standard InChI is InChI=1S/C23H18ClNO6/c1-30-19-11-12-20(21(26)13-4-15-2-7-17(24)8-3-15)22(14-19)31-23(27)16-5-9-18(10-6-16)25(28)29/h2-14,25,28H,1H3. The fourth-order valence-corrected chi connectivity index (χ4v) is 2.79. The van der Waals surface area contributed by atoms with Crippen molar-refractivity contribution in [2.45, 2.75) is 0 Å². The molecule has 0 bridgehead atoms. The molecule has 0 aliphatic carbocycles. The average molecular weight is 440 g/mol. The molecule has 0 amide bonds. The predicted octanol–water partition coefficient (Wildman–Crippen LogP) is 3.87. The smallest absolute Gasteiger partial charge is 0.343 e. The molecule has 0 radical (unpaired) electrons. The van der Waals surface area contributed by atoms with Gasteiger partial charge in [-0.2, -0.15) is 5.23 Å². The van der Waals surface area contributed by atoms with Crippen LogP contribution in [0.15, 0.2) is 72.8 Å². The van der Waals surface area contributed by atoms with Crippen LogP contribution in [0.3, 0.4) is 0 Å². The molecule has 0 heterocycles. The third-order valence-corrected chi connectivity index (χ3v) is 4.57. The van der Waals surface area contributed by atoms with E-state index < -0.39 is 11.2 Å². The van der Waals surface area contributed by atoms with Crippen molar-refractivity contribution in [1.29, 1.82) is 0 Å². The number of methoxy groups -OCH3 is 1. The molecule has 3 aromatic carbocycles. The summed E-state index contributed by atoms with van der Waals surface area (Å²) in [4.78, 5) is 25.3. The number of ketones is 1. The third kappa shape index (κ3) is 5.78. The zero-order valence-electron chi connectivity index (χ0n) is 16.4. The monoisotopic (exact) mass is 439 g/mol. The van der Waals surface area contributed by atoms with E-state index in [9.17, 15) is 14.8 Å². The van der Waals surface area contributed by atoms with Gasteiger partial charge in [-0.15, -0.1) is 0 Å². The number of ether oxygens (including phenoxy) is 2. The van der Waals surface area contributed by atoms with Gasteiger partial charge in [-0.25, -0.2) is 10.0 Å². The minimum Gasteiger partial charge on any atom is -0.595 e. The van der Waals surface area contributed by atoms with Crippen molar-refractivity contribution in [3.63, 3.8) is 0 Å². The van der Waals surface area contributed by atoms with Gasteiger partial charge in [-0.05, 0) is 48.0 Å². The second kappa shape index (κ2) is 10.0. The molecule has 3 aromatic rings. The minimum absolute atomic E-state index is 0.0254. The quantitative estimate of drug-likeness (QED) is 0.190. The molecule has 158 valence electrons. The molecule has 0 spiro atoms. The van der Waals surface area contributed by atoms with E-state index in [4.69, 9.17) is 26.3 Å². The number of carbonyl (C=O) groups excluding carboxylic acids is 2. The highest BCUT2D eigenvalue weighted by Gasteiger charge is 2.17. The Bertz CT molecular complexity index is 1110. The summed E-state index contributed by atoms with van der Waals surface area (Å²) in [7, 11) is 1.45. The molecule has 3 rings (SSSR count). The zero-order valence-corrected chi connectivity index (χ0v) is 17.1. The molecule has 0 aliphatic heterocycles. The van der Waals surface area contributed by atoms with Crippen molar-refractivity contribution in [2.24, 2.45) is 0 Å². The van der Waals surface area contributed by atoms with E-state index >= 15 is 0 Å². The summed E-state index contributed by atoms with van der Waals surface area (Å²) in [6, 6.07) is 16.8. The van der Waals surface area contributed by atoms with Gasteiger partial charge in [0, 0.05) is 23.2 Å². The first kappa shape index (κ1) is 22.2. The lowest BCUT2D eigenvalue weighted by molar-refractivity contribution is -0.991. The van der Waals surface area contributed by atoms with Crippen molar-refractivity contribution in [3.8, 4) is 11.5 Å². The van der Waals surface area contributed by atoms with Crippen LogP contribution in [0.5, 0.6) is 11.5 Å². The van der Waals surface area contributed by atoms with Crippen LogP contribution in [0, 0.1) is 5.21 Å². The van der Waals surface area contributed by atoms with Gasteiger partial charge >= 0.3 is 5.97 Å². The number of allylic oxidation sites excluding steroid dienone is 1. The summed E-state index contributed by atoms with van der Waals surface area (Å²) in [6.07, 6.45) is 2.99. The van der Waals surface area contributed by atoms with E-state index in [0.717, 1.165) is 5.56 Å². The molecular formula is C23H18ClNO6. The molecule has 0 fully saturated rings. The largest absolute Gasteiger partial charge is 0.595 e. The Kier molecular flexibility index (Phi) is 7.17. The summed E-state index contributed by atoms with van der Waals surface area (Å²) in [5.41, 5.74) is 1.13. The molecule has 0 saturated carbocycles. The van der Waals surface area contributed by atoms with Crippen molar-refractivity contribution in [2.75, 3.05) is 7.11 Å². The Morgan fingerprint density at radius 2 is 1.71 bits per heavy atom. The molecule has 2 N–H and O–H groups in total. The van der Waals surface area contributed by atoms with Gasteiger partial charge in [0.2, 0.25) is 0 Å². The van der Waals surface area contributed by atoms with Gasteiger partial charge in [0.05, 0.1) is 18.2 Å². The maximum atomic E-state index is 12.7. The number of quaternary nitrogens is 1. The second-order valence-electron chi connectivity index (χ2n) is 6.38. The number of esters is 1. The lowest BCUT2D eigenvalue weighted by atomic mass is 10.1. The molecule has 0 aromatic heterocycles. The first-order valence-electron chi connectivity index (χ1n) is 9.09. The average Bonchev–Trinajstić information content (AvgIpc) is 2.78. The van der Waals surface area contributed by atoms with Gasteiger partial charge in [0.25, 0.3) is 0 Å². The lowest BCUT2D eigenvalue weighted by Crippen LogP contribution is -2.99. The van der Waals surface area contributed by atoms with Crippen molar-refractivity contribution < 1.29 is 29.5 Å². The number of carbonyl (C=O) groups is 2. The molecular weight excluding hydrogens is 422 g/mol. The van der Waals surface area contributed by atoms with Crippen LogP contribution in [0.25, 0.3) is 6.08 Å². The fourth-order valence-electron chi connectivity index (χ4n) is 2.66. The highest BCUT2D eigenvalue weighted by atomic mass is 35.5. The zero-order chi connectivity index (χ0) is 22.4. The van der Waals surface area contributed by atoms with Gasteiger partial charge in [0.15, 0.2) is 11.5 Å². The van der Waals surface area contributed by atoms with Gasteiger partial charge < -0.3 is 14.7 Å². The van der Waals surface area contributed by atoms with E-state index in [1.165, 1.54) is 49.6 Å². The fraction of sp³-hybridized carbons (Fsp3) is 0.0435. The van der Waals surface area contributed by atoms with Gasteiger partial charge in [-0.3, -0.25) is 4.79 Å². The Morgan fingerprint density at radius 3 is 2.32 bits per heavy atom. The molecule has 1 atom stereocenters. The first-order chi connectivity index (χ1) is 14.9. The SMILES string of the molecule is COc1ccc(C(=O)C=Cc2ccc(Cl)cc2)c(OC(=O)c2ccc([NH+]([O-])O)cc2)c1. The van der Waals surface area contributed by atoms with Gasteiger partial charge in [-0.1, -0.05) is 29.8 Å². The maximum Gasteiger partial charge on any atom is 0.343 e. The first-order valence-corrected chi connectivity index (χ1v) is 9.46.